The van der Waals surface area contributed by atoms with Crippen molar-refractivity contribution in [2.45, 2.75) is 44.8 Å². The zero-order chi connectivity index (χ0) is 15.0. The third kappa shape index (κ3) is 2.87. The minimum Gasteiger partial charge on any atom is -0.387 e. The first-order valence-corrected chi connectivity index (χ1v) is 8.39. The third-order valence-corrected chi connectivity index (χ3v) is 5.18. The smallest absolute Gasteiger partial charge is 0.223 e. The van der Waals surface area contributed by atoms with Crippen molar-refractivity contribution in [2.75, 3.05) is 18.0 Å². The van der Waals surface area contributed by atoms with Gasteiger partial charge in [-0.1, -0.05) is 15.9 Å². The lowest BCUT2D eigenvalue weighted by Gasteiger charge is -2.31. The molecular weight excluding hydrogens is 332 g/mol. The monoisotopic (exact) mass is 352 g/mol. The molecule has 0 aromatic heterocycles. The van der Waals surface area contributed by atoms with Crippen LogP contribution in [0.15, 0.2) is 16.6 Å². The molecule has 1 fully saturated rings. The Labute approximate surface area is 133 Å². The van der Waals surface area contributed by atoms with Crippen LogP contribution in [-0.4, -0.2) is 30.1 Å². The molecule has 0 radical (unpaired) electrons. The summed E-state index contributed by atoms with van der Waals surface area (Å²) in [6, 6.07) is 4.16. The molecule has 1 aromatic rings. The van der Waals surface area contributed by atoms with Gasteiger partial charge in [-0.2, -0.15) is 0 Å². The molecule has 0 bridgehead atoms. The summed E-state index contributed by atoms with van der Waals surface area (Å²) in [5.41, 5.74) is 3.02. The third-order valence-electron chi connectivity index (χ3n) is 4.49. The second kappa shape index (κ2) is 6.07. The molecule has 0 saturated carbocycles. The normalized spacial score (nSPS) is 23.0. The number of anilines is 1. The van der Waals surface area contributed by atoms with Crippen LogP contribution in [0.25, 0.3) is 0 Å². The first-order valence-electron chi connectivity index (χ1n) is 7.60. The summed E-state index contributed by atoms with van der Waals surface area (Å²) in [6.07, 6.45) is 3.52. The van der Waals surface area contributed by atoms with Gasteiger partial charge in [-0.05, 0) is 55.5 Å². The summed E-state index contributed by atoms with van der Waals surface area (Å²) in [7, 11) is 0. The number of aliphatic hydroxyl groups excluding tert-OH is 1. The highest BCUT2D eigenvalue weighted by atomic mass is 79.9. The van der Waals surface area contributed by atoms with Crippen LogP contribution in [0, 0.1) is 0 Å². The van der Waals surface area contributed by atoms with E-state index in [1.807, 2.05) is 11.0 Å². The van der Waals surface area contributed by atoms with Crippen molar-refractivity contribution in [3.63, 3.8) is 0 Å². The van der Waals surface area contributed by atoms with E-state index >= 15 is 0 Å². The minimum atomic E-state index is -0.539. The number of rotatable bonds is 2. The molecule has 2 heterocycles. The molecule has 1 amide bonds. The van der Waals surface area contributed by atoms with Crippen LogP contribution in [0.2, 0.25) is 0 Å². The van der Waals surface area contributed by atoms with Crippen molar-refractivity contribution in [1.29, 1.82) is 0 Å². The van der Waals surface area contributed by atoms with Crippen LogP contribution in [0.4, 0.5) is 5.69 Å². The number of benzene rings is 1. The zero-order valence-corrected chi connectivity index (χ0v) is 13.8. The molecule has 2 unspecified atom stereocenters. The number of hydrogen-bond donors (Lipinski definition) is 2. The number of carbonyl (C=O) groups is 1. The van der Waals surface area contributed by atoms with E-state index < -0.39 is 6.10 Å². The molecule has 2 atom stereocenters. The van der Waals surface area contributed by atoms with Gasteiger partial charge in [0.15, 0.2) is 0 Å². The van der Waals surface area contributed by atoms with E-state index in [1.165, 1.54) is 5.56 Å². The largest absolute Gasteiger partial charge is 0.387 e. The maximum Gasteiger partial charge on any atom is 0.223 e. The lowest BCUT2D eigenvalue weighted by atomic mass is 9.95. The summed E-state index contributed by atoms with van der Waals surface area (Å²) in [5, 5.41) is 14.0. The predicted octanol–water partition coefficient (Wildman–Crippen LogP) is 2.53. The number of aryl methyl sites for hydroxylation is 1. The average Bonchev–Trinajstić information content (AvgIpc) is 2.99. The summed E-state index contributed by atoms with van der Waals surface area (Å²) >= 11 is 3.59. The molecule has 2 N–H and O–H groups in total. The number of nitrogens with zero attached hydrogens (tertiary/aromatic N) is 1. The van der Waals surface area contributed by atoms with Gasteiger partial charge in [-0.3, -0.25) is 4.79 Å². The van der Waals surface area contributed by atoms with Gasteiger partial charge in [0.1, 0.15) is 0 Å². The molecule has 3 rings (SSSR count). The maximum atomic E-state index is 11.8. The maximum absolute atomic E-state index is 11.8. The van der Waals surface area contributed by atoms with Crippen molar-refractivity contribution in [2.24, 2.45) is 0 Å². The standard InChI is InChI=1S/C16H21BrN2O2/c1-10(20)19-7-3-4-11-8-13(17)12(9-15(11)19)16(21)14-5-2-6-18-14/h8-9,14,16,18,21H,2-7H2,1H3. The molecule has 21 heavy (non-hydrogen) atoms. The first kappa shape index (κ1) is 15.0. The number of hydrogen-bond acceptors (Lipinski definition) is 3. The summed E-state index contributed by atoms with van der Waals surface area (Å²) in [5.74, 6) is 0.0673. The Morgan fingerprint density at radius 3 is 2.95 bits per heavy atom. The first-order chi connectivity index (χ1) is 10.1. The van der Waals surface area contributed by atoms with Crippen LogP contribution in [0.1, 0.15) is 43.4 Å². The minimum absolute atomic E-state index is 0.0673. The van der Waals surface area contributed by atoms with E-state index in [0.29, 0.717) is 0 Å². The Kier molecular flexibility index (Phi) is 4.33. The highest BCUT2D eigenvalue weighted by Crippen LogP contribution is 2.37. The Hall–Kier alpha value is -0.910. The van der Waals surface area contributed by atoms with Crippen molar-refractivity contribution in [1.82, 2.24) is 5.32 Å². The topological polar surface area (TPSA) is 52.6 Å². The van der Waals surface area contributed by atoms with Crippen molar-refractivity contribution in [3.05, 3.63) is 27.7 Å². The Morgan fingerprint density at radius 2 is 2.29 bits per heavy atom. The van der Waals surface area contributed by atoms with Gasteiger partial charge < -0.3 is 15.3 Å². The number of carbonyl (C=O) groups excluding carboxylic acids is 1. The molecule has 4 nitrogen and oxygen atoms in total. The van der Waals surface area contributed by atoms with Crippen molar-refractivity contribution < 1.29 is 9.90 Å². The van der Waals surface area contributed by atoms with E-state index in [2.05, 4.69) is 27.3 Å². The van der Waals surface area contributed by atoms with Gasteiger partial charge in [0.2, 0.25) is 5.91 Å². The van der Waals surface area contributed by atoms with E-state index in [1.54, 1.807) is 6.92 Å². The molecular formula is C16H21BrN2O2. The van der Waals surface area contributed by atoms with Gasteiger partial charge in [0.25, 0.3) is 0 Å². The quantitative estimate of drug-likeness (QED) is 0.859. The van der Waals surface area contributed by atoms with Gasteiger partial charge in [0, 0.05) is 29.7 Å². The molecule has 5 heteroatoms. The number of nitrogens with one attached hydrogen (secondary N) is 1. The van der Waals surface area contributed by atoms with E-state index in [-0.39, 0.29) is 11.9 Å². The van der Waals surface area contributed by atoms with Gasteiger partial charge in [0.05, 0.1) is 6.10 Å². The molecule has 2 aliphatic rings. The van der Waals surface area contributed by atoms with Gasteiger partial charge in [-0.15, -0.1) is 0 Å². The highest BCUT2D eigenvalue weighted by molar-refractivity contribution is 9.10. The summed E-state index contributed by atoms with van der Waals surface area (Å²) in [4.78, 5) is 13.6. The van der Waals surface area contributed by atoms with Crippen molar-refractivity contribution >= 4 is 27.5 Å². The van der Waals surface area contributed by atoms with Gasteiger partial charge in [-0.25, -0.2) is 0 Å². The predicted molar refractivity (Wildman–Crippen MR) is 86.5 cm³/mol. The van der Waals surface area contributed by atoms with E-state index in [4.69, 9.17) is 0 Å². The molecule has 2 aliphatic heterocycles. The fraction of sp³-hybridized carbons (Fsp3) is 0.562. The molecule has 1 saturated heterocycles. The molecule has 0 spiro atoms. The van der Waals surface area contributed by atoms with E-state index in [0.717, 1.165) is 54.5 Å². The second-order valence-corrected chi connectivity index (χ2v) is 6.78. The van der Waals surface area contributed by atoms with Crippen molar-refractivity contribution in [3.8, 4) is 0 Å². The average molecular weight is 353 g/mol. The lowest BCUT2D eigenvalue weighted by molar-refractivity contribution is -0.116. The van der Waals surface area contributed by atoms with E-state index in [9.17, 15) is 9.90 Å². The molecule has 114 valence electrons. The number of fused-ring (bicyclic) bond motifs is 1. The fourth-order valence-corrected chi connectivity index (χ4v) is 4.00. The van der Waals surface area contributed by atoms with Crippen LogP contribution in [0.5, 0.6) is 0 Å². The highest BCUT2D eigenvalue weighted by Gasteiger charge is 2.28. The number of aliphatic hydroxyl groups is 1. The summed E-state index contributed by atoms with van der Waals surface area (Å²) < 4.78 is 0.938. The van der Waals surface area contributed by atoms with Crippen LogP contribution < -0.4 is 10.2 Å². The van der Waals surface area contributed by atoms with Crippen LogP contribution in [0.3, 0.4) is 0 Å². The van der Waals surface area contributed by atoms with Gasteiger partial charge >= 0.3 is 0 Å². The Balaban J connectivity index is 1.98. The lowest BCUT2D eigenvalue weighted by Crippen LogP contribution is -2.34. The van der Waals surface area contributed by atoms with Crippen LogP contribution >= 0.6 is 15.9 Å². The summed E-state index contributed by atoms with van der Waals surface area (Å²) in [6.45, 7) is 3.33. The fourth-order valence-electron chi connectivity index (χ4n) is 3.37. The zero-order valence-electron chi connectivity index (χ0n) is 12.2. The molecule has 1 aromatic carbocycles. The molecule has 0 aliphatic carbocycles. The Bertz CT molecular complexity index is 555. The van der Waals surface area contributed by atoms with Crippen LogP contribution in [-0.2, 0) is 11.2 Å². The Morgan fingerprint density at radius 1 is 1.48 bits per heavy atom. The SMILES string of the molecule is CC(=O)N1CCCc2cc(Br)c(C(O)C3CCCN3)cc21. The number of halogens is 1. The second-order valence-electron chi connectivity index (χ2n) is 5.92. The number of amides is 1.